The van der Waals surface area contributed by atoms with Crippen molar-refractivity contribution in [3.05, 3.63) is 0 Å². The summed E-state index contributed by atoms with van der Waals surface area (Å²) in [5.41, 5.74) is 3.42. The zero-order valence-electron chi connectivity index (χ0n) is 8.28. The Kier molecular flexibility index (Phi) is 4.52. The van der Waals surface area contributed by atoms with Gasteiger partial charge in [-0.1, -0.05) is 0 Å². The van der Waals surface area contributed by atoms with E-state index in [2.05, 4.69) is 5.32 Å². The number of carboxylic acid groups (broad SMARTS) is 1. The second kappa shape index (κ2) is 4.92. The van der Waals surface area contributed by atoms with E-state index in [-0.39, 0.29) is 24.9 Å². The third kappa shape index (κ3) is 4.78. The third-order valence-electron chi connectivity index (χ3n) is 1.60. The predicted octanol–water partition coefficient (Wildman–Crippen LogP) is -1.32. The Morgan fingerprint density at radius 2 is 2.07 bits per heavy atom. The molecule has 0 saturated carbocycles. The van der Waals surface area contributed by atoms with Gasteiger partial charge in [0.15, 0.2) is 5.60 Å². The molecule has 0 fully saturated rings. The molecule has 5 N–H and O–H groups in total. The van der Waals surface area contributed by atoms with Gasteiger partial charge in [-0.15, -0.1) is 0 Å². The zero-order valence-corrected chi connectivity index (χ0v) is 8.28. The first-order chi connectivity index (χ1) is 6.25. The second-order valence-electron chi connectivity index (χ2n) is 3.54. The van der Waals surface area contributed by atoms with E-state index < -0.39 is 11.6 Å². The van der Waals surface area contributed by atoms with Crippen molar-refractivity contribution < 1.29 is 19.8 Å². The molecule has 0 aliphatic rings. The van der Waals surface area contributed by atoms with Crippen LogP contribution in [0.25, 0.3) is 0 Å². The van der Waals surface area contributed by atoms with Gasteiger partial charge in [-0.25, -0.2) is 4.79 Å². The maximum atomic E-state index is 11.0. The first kappa shape index (κ1) is 12.9. The van der Waals surface area contributed by atoms with Crippen molar-refractivity contribution in [2.24, 2.45) is 5.73 Å². The maximum Gasteiger partial charge on any atom is 0.337 e. The Hall–Kier alpha value is -1.14. The number of aliphatic carboxylic acids is 1. The number of carboxylic acids is 1. The molecule has 0 aromatic heterocycles. The summed E-state index contributed by atoms with van der Waals surface area (Å²) in [7, 11) is 0. The first-order valence-corrected chi connectivity index (χ1v) is 4.24. The maximum absolute atomic E-state index is 11.0. The van der Waals surface area contributed by atoms with Crippen molar-refractivity contribution in [1.82, 2.24) is 5.32 Å². The summed E-state index contributed by atoms with van der Waals surface area (Å²) in [6, 6.07) is -0.287. The van der Waals surface area contributed by atoms with Crippen molar-refractivity contribution in [1.29, 1.82) is 0 Å². The molecule has 2 atom stereocenters. The molecule has 0 rings (SSSR count). The van der Waals surface area contributed by atoms with Crippen LogP contribution in [0.4, 0.5) is 0 Å². The second-order valence-corrected chi connectivity index (χ2v) is 3.54. The summed E-state index contributed by atoms with van der Waals surface area (Å²) in [5.74, 6) is -1.75. The monoisotopic (exact) mass is 204 g/mol. The van der Waals surface area contributed by atoms with Crippen LogP contribution in [0.1, 0.15) is 20.3 Å². The lowest BCUT2D eigenvalue weighted by Crippen LogP contribution is -2.47. The SMILES string of the molecule is CC(N)CC(=O)NCC(C)(O)C(=O)O. The fourth-order valence-corrected chi connectivity index (χ4v) is 0.711. The molecule has 0 spiro atoms. The van der Waals surface area contributed by atoms with E-state index in [4.69, 9.17) is 10.8 Å². The Morgan fingerprint density at radius 1 is 1.57 bits per heavy atom. The molecular weight excluding hydrogens is 188 g/mol. The zero-order chi connectivity index (χ0) is 11.4. The van der Waals surface area contributed by atoms with Gasteiger partial charge in [-0.3, -0.25) is 4.79 Å². The minimum atomic E-state index is -1.94. The topological polar surface area (TPSA) is 113 Å². The van der Waals surface area contributed by atoms with Gasteiger partial charge in [0.2, 0.25) is 5.91 Å². The van der Waals surface area contributed by atoms with Crippen molar-refractivity contribution in [3.63, 3.8) is 0 Å². The predicted molar refractivity (Wildman–Crippen MR) is 49.5 cm³/mol. The highest BCUT2D eigenvalue weighted by molar-refractivity contribution is 5.80. The number of carbonyl (C=O) groups excluding carboxylic acids is 1. The molecule has 0 aromatic carbocycles. The van der Waals surface area contributed by atoms with Crippen LogP contribution in [0.3, 0.4) is 0 Å². The lowest BCUT2D eigenvalue weighted by molar-refractivity contribution is -0.156. The lowest BCUT2D eigenvalue weighted by atomic mass is 10.1. The Balaban J connectivity index is 3.94. The summed E-state index contributed by atoms with van der Waals surface area (Å²) < 4.78 is 0. The number of aliphatic hydroxyl groups is 1. The highest BCUT2D eigenvalue weighted by Crippen LogP contribution is 2.00. The molecule has 0 saturated heterocycles. The van der Waals surface area contributed by atoms with Gasteiger partial charge in [0.25, 0.3) is 0 Å². The van der Waals surface area contributed by atoms with Gasteiger partial charge in [0, 0.05) is 12.5 Å². The summed E-state index contributed by atoms with van der Waals surface area (Å²) in [6.07, 6.45) is 0.107. The average molecular weight is 204 g/mol. The van der Waals surface area contributed by atoms with Crippen LogP contribution in [0, 0.1) is 0 Å². The highest BCUT2D eigenvalue weighted by Gasteiger charge is 2.30. The number of rotatable bonds is 5. The molecule has 82 valence electrons. The van der Waals surface area contributed by atoms with E-state index in [1.165, 1.54) is 0 Å². The molecule has 0 radical (unpaired) electrons. The van der Waals surface area contributed by atoms with Gasteiger partial charge in [0.05, 0.1) is 6.54 Å². The van der Waals surface area contributed by atoms with E-state index in [1.807, 2.05) is 0 Å². The van der Waals surface area contributed by atoms with Crippen LogP contribution in [-0.2, 0) is 9.59 Å². The van der Waals surface area contributed by atoms with Gasteiger partial charge in [-0.05, 0) is 13.8 Å². The number of nitrogens with two attached hydrogens (primary N) is 1. The van der Waals surface area contributed by atoms with E-state index in [0.717, 1.165) is 6.92 Å². The van der Waals surface area contributed by atoms with Gasteiger partial charge < -0.3 is 21.3 Å². The number of carbonyl (C=O) groups is 2. The molecule has 1 amide bonds. The minimum Gasteiger partial charge on any atom is -0.479 e. The van der Waals surface area contributed by atoms with Gasteiger partial charge >= 0.3 is 5.97 Å². The molecule has 14 heavy (non-hydrogen) atoms. The summed E-state index contributed by atoms with van der Waals surface area (Å²) in [5, 5.41) is 20.0. The molecule has 6 nitrogen and oxygen atoms in total. The lowest BCUT2D eigenvalue weighted by Gasteiger charge is -2.18. The van der Waals surface area contributed by atoms with E-state index in [1.54, 1.807) is 6.92 Å². The summed E-state index contributed by atoms with van der Waals surface area (Å²) >= 11 is 0. The Bertz CT molecular complexity index is 225. The Labute approximate surface area is 82.1 Å². The van der Waals surface area contributed by atoms with Crippen LogP contribution >= 0.6 is 0 Å². The van der Waals surface area contributed by atoms with Crippen molar-refractivity contribution in [3.8, 4) is 0 Å². The average Bonchev–Trinajstić information content (AvgIpc) is 1.99. The van der Waals surface area contributed by atoms with E-state index >= 15 is 0 Å². The van der Waals surface area contributed by atoms with Crippen LogP contribution < -0.4 is 11.1 Å². The molecule has 0 aliphatic heterocycles. The van der Waals surface area contributed by atoms with Crippen molar-refractivity contribution in [2.45, 2.75) is 31.9 Å². The first-order valence-electron chi connectivity index (χ1n) is 4.24. The third-order valence-corrected chi connectivity index (χ3v) is 1.60. The fraction of sp³-hybridized carbons (Fsp3) is 0.750. The smallest absolute Gasteiger partial charge is 0.337 e. The van der Waals surface area contributed by atoms with Gasteiger partial charge in [-0.2, -0.15) is 0 Å². The molecular formula is C8H16N2O4. The highest BCUT2D eigenvalue weighted by atomic mass is 16.4. The standard InChI is InChI=1S/C8H16N2O4/c1-5(9)3-6(11)10-4-8(2,14)7(12)13/h5,14H,3-4,9H2,1-2H3,(H,10,11)(H,12,13). The molecule has 6 heteroatoms. The molecule has 0 aliphatic carbocycles. The van der Waals surface area contributed by atoms with Gasteiger partial charge in [0.1, 0.15) is 0 Å². The van der Waals surface area contributed by atoms with Crippen LogP contribution in [0.2, 0.25) is 0 Å². The summed E-state index contributed by atoms with van der Waals surface area (Å²) in [4.78, 5) is 21.5. The van der Waals surface area contributed by atoms with Crippen LogP contribution in [0.5, 0.6) is 0 Å². The number of nitrogens with one attached hydrogen (secondary N) is 1. The minimum absolute atomic E-state index is 0.107. The van der Waals surface area contributed by atoms with Crippen molar-refractivity contribution >= 4 is 11.9 Å². The molecule has 0 aromatic rings. The largest absolute Gasteiger partial charge is 0.479 e. The van der Waals surface area contributed by atoms with Crippen molar-refractivity contribution in [2.75, 3.05) is 6.54 Å². The van der Waals surface area contributed by atoms with Crippen LogP contribution in [-0.4, -0.2) is 40.3 Å². The number of hydrogen-bond acceptors (Lipinski definition) is 4. The molecule has 2 unspecified atom stereocenters. The normalized spacial score (nSPS) is 16.9. The molecule has 0 heterocycles. The quantitative estimate of drug-likeness (QED) is 0.443. The fourth-order valence-electron chi connectivity index (χ4n) is 0.711. The van der Waals surface area contributed by atoms with E-state index in [0.29, 0.717) is 0 Å². The van der Waals surface area contributed by atoms with Crippen LogP contribution in [0.15, 0.2) is 0 Å². The Morgan fingerprint density at radius 3 is 2.43 bits per heavy atom. The number of amides is 1. The number of hydrogen-bond donors (Lipinski definition) is 4. The molecule has 0 bridgehead atoms. The summed E-state index contributed by atoms with van der Waals surface area (Å²) in [6.45, 7) is 2.45. The van der Waals surface area contributed by atoms with E-state index in [9.17, 15) is 14.7 Å².